The van der Waals surface area contributed by atoms with Crippen molar-refractivity contribution in [3.05, 3.63) is 47.9 Å². The highest BCUT2D eigenvalue weighted by Crippen LogP contribution is 2.29. The summed E-state index contributed by atoms with van der Waals surface area (Å²) in [6.45, 7) is 2.07. The molecular weight excluding hydrogens is 284 g/mol. The molecule has 5 heteroatoms. The van der Waals surface area contributed by atoms with E-state index in [0.717, 1.165) is 16.7 Å². The van der Waals surface area contributed by atoms with E-state index in [9.17, 15) is 0 Å². The van der Waals surface area contributed by atoms with Gasteiger partial charge in [0.15, 0.2) is 0 Å². The van der Waals surface area contributed by atoms with E-state index in [2.05, 4.69) is 41.4 Å². The molecule has 4 nitrogen and oxygen atoms in total. The molecule has 0 radical (unpaired) electrons. The minimum atomic E-state index is 0.0740. The molecule has 1 aromatic heterocycles. The maximum absolute atomic E-state index is 5.62. The molecule has 2 aromatic carbocycles. The zero-order chi connectivity index (χ0) is 14.8. The number of benzene rings is 2. The maximum atomic E-state index is 5.62. The van der Waals surface area contributed by atoms with Crippen LogP contribution in [0.4, 0.5) is 0 Å². The average molecular weight is 300 g/mol. The van der Waals surface area contributed by atoms with Gasteiger partial charge in [0, 0.05) is 0 Å². The van der Waals surface area contributed by atoms with Crippen molar-refractivity contribution in [3.8, 4) is 5.75 Å². The normalized spacial score (nSPS) is 12.5. The first-order chi connectivity index (χ1) is 10.2. The van der Waals surface area contributed by atoms with E-state index < -0.39 is 0 Å². The van der Waals surface area contributed by atoms with E-state index in [4.69, 9.17) is 9.15 Å². The molecule has 0 saturated heterocycles. The fourth-order valence-corrected chi connectivity index (χ4v) is 2.55. The van der Waals surface area contributed by atoms with Gasteiger partial charge < -0.3 is 9.15 Å². The molecular formula is C16H16N2O2S. The fraction of sp³-hybridized carbons (Fsp3) is 0.250. The molecule has 1 heterocycles. The molecule has 21 heavy (non-hydrogen) atoms. The SMILES string of the molecule is COc1ccc2cc(C(C)c3nnc(SC)o3)ccc2c1. The molecule has 0 aliphatic rings. The lowest BCUT2D eigenvalue weighted by Gasteiger charge is -2.09. The highest BCUT2D eigenvalue weighted by Gasteiger charge is 2.16. The molecule has 0 spiro atoms. The Kier molecular flexibility index (Phi) is 3.84. The van der Waals surface area contributed by atoms with Gasteiger partial charge in [0.25, 0.3) is 5.22 Å². The van der Waals surface area contributed by atoms with Crippen molar-refractivity contribution in [2.24, 2.45) is 0 Å². The summed E-state index contributed by atoms with van der Waals surface area (Å²) in [5.41, 5.74) is 1.16. The van der Waals surface area contributed by atoms with Gasteiger partial charge in [-0.25, -0.2) is 0 Å². The molecule has 0 fully saturated rings. The third-order valence-corrected chi connectivity index (χ3v) is 4.05. The van der Waals surface area contributed by atoms with Crippen LogP contribution >= 0.6 is 11.8 Å². The second-order valence-corrected chi connectivity index (χ2v) is 5.56. The Balaban J connectivity index is 1.96. The van der Waals surface area contributed by atoms with Crippen molar-refractivity contribution < 1.29 is 9.15 Å². The van der Waals surface area contributed by atoms with E-state index >= 15 is 0 Å². The summed E-state index contributed by atoms with van der Waals surface area (Å²) in [5.74, 6) is 1.59. The number of thioether (sulfide) groups is 1. The summed E-state index contributed by atoms with van der Waals surface area (Å²) < 4.78 is 10.9. The van der Waals surface area contributed by atoms with Gasteiger partial charge >= 0.3 is 0 Å². The fourth-order valence-electron chi connectivity index (χ4n) is 2.26. The molecule has 108 valence electrons. The van der Waals surface area contributed by atoms with E-state index in [-0.39, 0.29) is 5.92 Å². The van der Waals surface area contributed by atoms with Crippen molar-refractivity contribution >= 4 is 22.5 Å². The lowest BCUT2D eigenvalue weighted by Crippen LogP contribution is -1.96. The van der Waals surface area contributed by atoms with Crippen LogP contribution in [-0.2, 0) is 0 Å². The lowest BCUT2D eigenvalue weighted by atomic mass is 9.97. The van der Waals surface area contributed by atoms with Crippen molar-refractivity contribution in [3.63, 3.8) is 0 Å². The van der Waals surface area contributed by atoms with Crippen molar-refractivity contribution in [2.45, 2.75) is 18.1 Å². The summed E-state index contributed by atoms with van der Waals surface area (Å²) in [5, 5.41) is 11.0. The first kappa shape index (κ1) is 13.9. The summed E-state index contributed by atoms with van der Waals surface area (Å²) in [6.07, 6.45) is 1.92. The molecule has 0 bridgehead atoms. The number of ether oxygens (including phenoxy) is 1. The van der Waals surface area contributed by atoms with Crippen LogP contribution in [0.5, 0.6) is 5.75 Å². The van der Waals surface area contributed by atoms with Crippen LogP contribution in [-0.4, -0.2) is 23.6 Å². The molecule has 0 aliphatic heterocycles. The highest BCUT2D eigenvalue weighted by atomic mass is 32.2. The van der Waals surface area contributed by atoms with Gasteiger partial charge in [-0.15, -0.1) is 10.2 Å². The molecule has 3 aromatic rings. The third-order valence-electron chi connectivity index (χ3n) is 3.54. The van der Waals surface area contributed by atoms with Crippen molar-refractivity contribution in [1.82, 2.24) is 10.2 Å². The second kappa shape index (κ2) is 5.77. The Labute approximate surface area is 127 Å². The number of methoxy groups -OCH3 is 1. The number of aromatic nitrogens is 2. The minimum absolute atomic E-state index is 0.0740. The monoisotopic (exact) mass is 300 g/mol. The summed E-state index contributed by atoms with van der Waals surface area (Å²) in [6, 6.07) is 12.4. The average Bonchev–Trinajstić information content (AvgIpc) is 3.02. The van der Waals surface area contributed by atoms with Gasteiger partial charge in [-0.3, -0.25) is 0 Å². The van der Waals surface area contributed by atoms with Gasteiger partial charge in [0.05, 0.1) is 13.0 Å². The Morgan fingerprint density at radius 1 is 1.10 bits per heavy atom. The zero-order valence-electron chi connectivity index (χ0n) is 12.2. The molecule has 0 aliphatic carbocycles. The molecule has 0 amide bonds. The summed E-state index contributed by atoms with van der Waals surface area (Å²) in [4.78, 5) is 0. The Bertz CT molecular complexity index is 770. The van der Waals surface area contributed by atoms with Crippen LogP contribution in [0, 0.1) is 0 Å². The lowest BCUT2D eigenvalue weighted by molar-refractivity contribution is 0.404. The third kappa shape index (κ3) is 2.74. The number of fused-ring (bicyclic) bond motifs is 1. The molecule has 0 saturated carbocycles. The van der Waals surface area contributed by atoms with Crippen molar-refractivity contribution in [1.29, 1.82) is 0 Å². The molecule has 3 rings (SSSR count). The highest BCUT2D eigenvalue weighted by molar-refractivity contribution is 7.98. The van der Waals surface area contributed by atoms with Crippen LogP contribution in [0.15, 0.2) is 46.0 Å². The number of rotatable bonds is 4. The smallest absolute Gasteiger partial charge is 0.276 e. The van der Waals surface area contributed by atoms with Crippen molar-refractivity contribution in [2.75, 3.05) is 13.4 Å². The van der Waals surface area contributed by atoms with E-state index in [1.165, 1.54) is 17.1 Å². The molecule has 1 atom stereocenters. The van der Waals surface area contributed by atoms with Gasteiger partial charge in [-0.1, -0.05) is 36.0 Å². The van der Waals surface area contributed by atoms with E-state index in [1.54, 1.807) is 7.11 Å². The first-order valence-electron chi connectivity index (χ1n) is 6.66. The Morgan fingerprint density at radius 2 is 1.86 bits per heavy atom. The van der Waals surface area contributed by atoms with Crippen LogP contribution in [0.1, 0.15) is 24.3 Å². The standard InChI is InChI=1S/C16H16N2O2S/c1-10(15-17-18-16(20-15)21-3)11-4-5-13-9-14(19-2)7-6-12(13)8-11/h4-10H,1-3H3. The Hall–Kier alpha value is -2.01. The van der Waals surface area contributed by atoms with Crippen LogP contribution in [0.25, 0.3) is 10.8 Å². The predicted octanol–water partition coefficient (Wildman–Crippen LogP) is 4.11. The predicted molar refractivity (Wildman–Crippen MR) is 84.1 cm³/mol. The van der Waals surface area contributed by atoms with Gasteiger partial charge in [-0.05, 0) is 41.6 Å². The number of nitrogens with zero attached hydrogens (tertiary/aromatic N) is 2. The van der Waals surface area contributed by atoms with Crippen LogP contribution in [0.3, 0.4) is 0 Å². The number of hydrogen-bond acceptors (Lipinski definition) is 5. The van der Waals surface area contributed by atoms with Gasteiger partial charge in [-0.2, -0.15) is 0 Å². The quantitative estimate of drug-likeness (QED) is 0.679. The number of hydrogen-bond donors (Lipinski definition) is 0. The summed E-state index contributed by atoms with van der Waals surface area (Å²) in [7, 11) is 1.68. The first-order valence-corrected chi connectivity index (χ1v) is 7.89. The molecule has 0 N–H and O–H groups in total. The summed E-state index contributed by atoms with van der Waals surface area (Å²) >= 11 is 1.45. The maximum Gasteiger partial charge on any atom is 0.276 e. The van der Waals surface area contributed by atoms with Gasteiger partial charge in [0.1, 0.15) is 5.75 Å². The van der Waals surface area contributed by atoms with Crippen LogP contribution in [0.2, 0.25) is 0 Å². The van der Waals surface area contributed by atoms with E-state index in [1.807, 2.05) is 18.4 Å². The molecule has 1 unspecified atom stereocenters. The minimum Gasteiger partial charge on any atom is -0.497 e. The topological polar surface area (TPSA) is 48.2 Å². The zero-order valence-corrected chi connectivity index (χ0v) is 13.0. The van der Waals surface area contributed by atoms with E-state index in [0.29, 0.717) is 11.1 Å². The second-order valence-electron chi connectivity index (χ2n) is 4.80. The van der Waals surface area contributed by atoms with Gasteiger partial charge in [0.2, 0.25) is 5.89 Å². The largest absolute Gasteiger partial charge is 0.497 e. The van der Waals surface area contributed by atoms with Crippen LogP contribution < -0.4 is 4.74 Å². The Morgan fingerprint density at radius 3 is 2.57 bits per heavy atom.